The Hall–Kier alpha value is -2.55. The summed E-state index contributed by atoms with van der Waals surface area (Å²) in [7, 11) is 0. The van der Waals surface area contributed by atoms with Crippen LogP contribution in [0.3, 0.4) is 0 Å². The largest absolute Gasteiger partial charge is 0.478 e. The third-order valence-corrected chi connectivity index (χ3v) is 2.96. The van der Waals surface area contributed by atoms with Crippen molar-refractivity contribution in [3.63, 3.8) is 0 Å². The van der Waals surface area contributed by atoms with Gasteiger partial charge in [-0.15, -0.1) is 11.3 Å². The number of rotatable bonds is 3. The molecule has 0 fully saturated rings. The van der Waals surface area contributed by atoms with Crippen molar-refractivity contribution in [2.24, 2.45) is 0 Å². The molecule has 6 nitrogen and oxygen atoms in total. The Morgan fingerprint density at radius 1 is 1.30 bits per heavy atom. The van der Waals surface area contributed by atoms with E-state index in [9.17, 15) is 18.4 Å². The maximum absolute atomic E-state index is 13.5. The third kappa shape index (κ3) is 2.72. The average molecular weight is 299 g/mol. The molecule has 104 valence electrons. The second kappa shape index (κ2) is 5.21. The van der Waals surface area contributed by atoms with Crippen LogP contribution < -0.4 is 11.1 Å². The first-order valence-corrected chi connectivity index (χ1v) is 6.01. The highest BCUT2D eigenvalue weighted by atomic mass is 32.1. The highest BCUT2D eigenvalue weighted by molar-refractivity contribution is 7.13. The maximum Gasteiger partial charge on any atom is 0.338 e. The van der Waals surface area contributed by atoms with Crippen molar-refractivity contribution in [3.8, 4) is 0 Å². The van der Waals surface area contributed by atoms with Crippen LogP contribution in [0.25, 0.3) is 0 Å². The molecule has 0 aliphatic heterocycles. The highest BCUT2D eigenvalue weighted by Gasteiger charge is 2.18. The number of aromatic nitrogens is 1. The Morgan fingerprint density at radius 3 is 2.55 bits per heavy atom. The number of nitrogens with two attached hydrogens (primary N) is 1. The zero-order valence-electron chi connectivity index (χ0n) is 9.68. The molecule has 1 amide bonds. The molecule has 0 unspecified atom stereocenters. The van der Waals surface area contributed by atoms with Crippen molar-refractivity contribution < 1.29 is 23.5 Å². The monoisotopic (exact) mass is 299 g/mol. The number of benzene rings is 1. The van der Waals surface area contributed by atoms with Crippen molar-refractivity contribution in [2.75, 3.05) is 11.1 Å². The fourth-order valence-corrected chi connectivity index (χ4v) is 1.93. The Morgan fingerprint density at radius 2 is 2.00 bits per heavy atom. The lowest BCUT2D eigenvalue weighted by molar-refractivity contribution is 0.0691. The number of hydrogen-bond donors (Lipinski definition) is 3. The van der Waals surface area contributed by atoms with Crippen LogP contribution in [0.5, 0.6) is 0 Å². The van der Waals surface area contributed by atoms with Crippen LogP contribution in [-0.4, -0.2) is 22.0 Å². The number of nitrogens with zero attached hydrogens (tertiary/aromatic N) is 1. The van der Waals surface area contributed by atoms with Crippen LogP contribution in [0.4, 0.5) is 19.6 Å². The number of nitrogen functional groups attached to an aromatic ring is 1. The zero-order chi connectivity index (χ0) is 14.9. The Kier molecular flexibility index (Phi) is 3.61. The third-order valence-electron chi connectivity index (χ3n) is 2.29. The van der Waals surface area contributed by atoms with Gasteiger partial charge in [0.25, 0.3) is 5.91 Å². The van der Waals surface area contributed by atoms with Gasteiger partial charge in [-0.2, -0.15) is 0 Å². The number of anilines is 2. The van der Waals surface area contributed by atoms with Gasteiger partial charge in [0.2, 0.25) is 0 Å². The number of hydrogen-bond acceptors (Lipinski definition) is 5. The summed E-state index contributed by atoms with van der Waals surface area (Å²) in [5.41, 5.74) is 4.09. The molecule has 0 spiro atoms. The smallest absolute Gasteiger partial charge is 0.338 e. The molecule has 1 aromatic heterocycles. The summed E-state index contributed by atoms with van der Waals surface area (Å²) < 4.78 is 26.7. The molecule has 0 atom stereocenters. The lowest BCUT2D eigenvalue weighted by Crippen LogP contribution is -2.15. The van der Waals surface area contributed by atoms with E-state index in [4.69, 9.17) is 10.8 Å². The van der Waals surface area contributed by atoms with Gasteiger partial charge in [0.15, 0.2) is 5.13 Å². The summed E-state index contributed by atoms with van der Waals surface area (Å²) in [5, 5.41) is 12.3. The minimum absolute atomic E-state index is 0.0481. The summed E-state index contributed by atoms with van der Waals surface area (Å²) in [6.07, 6.45) is 0. The summed E-state index contributed by atoms with van der Waals surface area (Å²) in [4.78, 5) is 26.1. The van der Waals surface area contributed by atoms with E-state index in [0.29, 0.717) is 12.1 Å². The number of amides is 1. The predicted molar refractivity (Wildman–Crippen MR) is 67.8 cm³/mol. The average Bonchev–Trinajstić information content (AvgIpc) is 2.79. The van der Waals surface area contributed by atoms with Gasteiger partial charge in [-0.05, 0) is 6.07 Å². The van der Waals surface area contributed by atoms with Crippen LogP contribution in [0, 0.1) is 11.6 Å². The van der Waals surface area contributed by atoms with E-state index >= 15 is 0 Å². The van der Waals surface area contributed by atoms with Crippen molar-refractivity contribution in [2.45, 2.75) is 0 Å². The first-order valence-electron chi connectivity index (χ1n) is 5.13. The second-order valence-electron chi connectivity index (χ2n) is 3.64. The van der Waals surface area contributed by atoms with Crippen LogP contribution in [-0.2, 0) is 0 Å². The first-order chi connectivity index (χ1) is 9.38. The van der Waals surface area contributed by atoms with Gasteiger partial charge >= 0.3 is 5.97 Å². The van der Waals surface area contributed by atoms with Gasteiger partial charge in [0, 0.05) is 11.4 Å². The van der Waals surface area contributed by atoms with Gasteiger partial charge in [0.05, 0.1) is 11.3 Å². The Labute approximate surface area is 114 Å². The van der Waals surface area contributed by atoms with Crippen LogP contribution in [0.2, 0.25) is 0 Å². The standard InChI is InChI=1S/C11H7F2N3O3S/c12-5-2-6(13)7(1-4(5)10(18)19)15-9(17)8-3-20-11(14)16-8/h1-3H,(H2,14,16)(H,15,17)(H,18,19). The van der Waals surface area contributed by atoms with E-state index in [1.165, 1.54) is 5.38 Å². The number of halogens is 2. The lowest BCUT2D eigenvalue weighted by Gasteiger charge is -2.06. The molecule has 0 saturated heterocycles. The first kappa shape index (κ1) is 13.9. The number of nitrogens with one attached hydrogen (secondary N) is 1. The summed E-state index contributed by atoms with van der Waals surface area (Å²) in [6, 6.07) is 1.08. The highest BCUT2D eigenvalue weighted by Crippen LogP contribution is 2.21. The van der Waals surface area contributed by atoms with Crippen LogP contribution in [0.15, 0.2) is 17.5 Å². The number of aromatic carboxylic acids is 1. The molecule has 0 bridgehead atoms. The molecule has 0 radical (unpaired) electrons. The van der Waals surface area contributed by atoms with Crippen LogP contribution in [0.1, 0.15) is 20.8 Å². The molecule has 0 aliphatic carbocycles. The molecule has 1 heterocycles. The van der Waals surface area contributed by atoms with Gasteiger partial charge in [-0.3, -0.25) is 4.79 Å². The molecule has 0 saturated carbocycles. The fraction of sp³-hybridized carbons (Fsp3) is 0. The normalized spacial score (nSPS) is 10.3. The Bertz CT molecular complexity index is 702. The quantitative estimate of drug-likeness (QED) is 0.803. The molecule has 9 heteroatoms. The SMILES string of the molecule is Nc1nc(C(=O)Nc2cc(C(=O)O)c(F)cc2F)cs1. The van der Waals surface area contributed by atoms with Crippen LogP contribution >= 0.6 is 11.3 Å². The molecule has 1 aromatic carbocycles. The number of thiazole rings is 1. The van der Waals surface area contributed by atoms with Gasteiger partial charge in [-0.25, -0.2) is 18.6 Å². The number of carboxylic acid groups (broad SMARTS) is 1. The molecular formula is C11H7F2N3O3S. The predicted octanol–water partition coefficient (Wildman–Crippen LogP) is 1.95. The van der Waals surface area contributed by atoms with E-state index in [1.54, 1.807) is 0 Å². The van der Waals surface area contributed by atoms with Crippen molar-refractivity contribution in [3.05, 3.63) is 40.4 Å². The Balaban J connectivity index is 2.31. The van der Waals surface area contributed by atoms with Gasteiger partial charge < -0.3 is 16.2 Å². The van der Waals surface area contributed by atoms with E-state index in [2.05, 4.69) is 10.3 Å². The van der Waals surface area contributed by atoms with Crippen molar-refractivity contribution >= 4 is 34.0 Å². The molecule has 4 N–H and O–H groups in total. The molecular weight excluding hydrogens is 292 g/mol. The zero-order valence-corrected chi connectivity index (χ0v) is 10.5. The van der Waals surface area contributed by atoms with Crippen molar-refractivity contribution in [1.82, 2.24) is 4.98 Å². The number of carboxylic acids is 1. The molecule has 2 rings (SSSR count). The van der Waals surface area contributed by atoms with Crippen molar-refractivity contribution in [1.29, 1.82) is 0 Å². The van der Waals surface area contributed by atoms with E-state index in [-0.39, 0.29) is 10.8 Å². The lowest BCUT2D eigenvalue weighted by atomic mass is 10.1. The van der Waals surface area contributed by atoms with Gasteiger partial charge in [-0.1, -0.05) is 0 Å². The van der Waals surface area contributed by atoms with E-state index in [0.717, 1.165) is 11.3 Å². The number of carbonyl (C=O) groups excluding carboxylic acids is 1. The van der Waals surface area contributed by atoms with Gasteiger partial charge in [0.1, 0.15) is 17.3 Å². The van der Waals surface area contributed by atoms with E-state index < -0.39 is 34.8 Å². The molecule has 0 aliphatic rings. The summed E-state index contributed by atoms with van der Waals surface area (Å²) in [6.45, 7) is 0. The fourth-order valence-electron chi connectivity index (χ4n) is 1.39. The minimum atomic E-state index is -1.57. The minimum Gasteiger partial charge on any atom is -0.478 e. The number of carbonyl (C=O) groups is 2. The molecule has 2 aromatic rings. The second-order valence-corrected chi connectivity index (χ2v) is 4.53. The summed E-state index contributed by atoms with van der Waals surface area (Å²) >= 11 is 1.02. The maximum atomic E-state index is 13.5. The summed E-state index contributed by atoms with van der Waals surface area (Å²) in [5.74, 6) is -4.68. The topological polar surface area (TPSA) is 105 Å². The van der Waals surface area contributed by atoms with E-state index in [1.807, 2.05) is 0 Å². The molecule has 20 heavy (non-hydrogen) atoms.